The van der Waals surface area contributed by atoms with Gasteiger partial charge >= 0.3 is 0 Å². The van der Waals surface area contributed by atoms with Crippen LogP contribution in [-0.2, 0) is 0 Å². The van der Waals surface area contributed by atoms with Crippen molar-refractivity contribution < 1.29 is 0 Å². The number of nitrogens with one attached hydrogen (secondary N) is 1. The van der Waals surface area contributed by atoms with Gasteiger partial charge in [-0.25, -0.2) is 9.97 Å². The molecule has 1 fully saturated rings. The smallest absolute Gasteiger partial charge is 0.135 e. The average molecular weight is 262 g/mol. The van der Waals surface area contributed by atoms with E-state index in [0.717, 1.165) is 23.2 Å². The molecule has 2 unspecified atom stereocenters. The number of nitrogens with zero attached hydrogens (tertiary/aromatic N) is 2. The second-order valence-corrected chi connectivity index (χ2v) is 6.43. The van der Waals surface area contributed by atoms with E-state index in [-0.39, 0.29) is 0 Å². The Morgan fingerprint density at radius 1 is 1.16 bits per heavy atom. The molecule has 1 saturated carbocycles. The molecule has 0 bridgehead atoms. The summed E-state index contributed by atoms with van der Waals surface area (Å²) in [5, 5.41) is 3.60. The minimum Gasteiger partial charge on any atom is -0.383 e. The SMILES string of the molecule is CC1CC(C)CC(Nc2ncnc(N)c2C(C)C)C1. The zero-order valence-electron chi connectivity index (χ0n) is 12.5. The molecule has 1 aliphatic carbocycles. The topological polar surface area (TPSA) is 63.8 Å². The Labute approximate surface area is 116 Å². The normalized spacial score (nSPS) is 27.5. The summed E-state index contributed by atoms with van der Waals surface area (Å²) >= 11 is 0. The van der Waals surface area contributed by atoms with E-state index in [2.05, 4.69) is 43.0 Å². The number of aromatic nitrogens is 2. The van der Waals surface area contributed by atoms with Crippen LogP contribution in [0.1, 0.15) is 58.4 Å². The van der Waals surface area contributed by atoms with E-state index < -0.39 is 0 Å². The second-order valence-electron chi connectivity index (χ2n) is 6.43. The van der Waals surface area contributed by atoms with Gasteiger partial charge in [-0.05, 0) is 37.0 Å². The predicted octanol–water partition coefficient (Wildman–Crippen LogP) is 3.42. The van der Waals surface area contributed by atoms with E-state index in [1.165, 1.54) is 19.3 Å². The molecule has 0 amide bonds. The highest BCUT2D eigenvalue weighted by Gasteiger charge is 2.25. The van der Waals surface area contributed by atoms with E-state index >= 15 is 0 Å². The molecule has 2 rings (SSSR count). The Bertz CT molecular complexity index is 420. The molecule has 0 aliphatic heterocycles. The van der Waals surface area contributed by atoms with Crippen molar-refractivity contribution in [3.63, 3.8) is 0 Å². The van der Waals surface area contributed by atoms with Crippen LogP contribution >= 0.6 is 0 Å². The van der Waals surface area contributed by atoms with Crippen molar-refractivity contribution in [3.05, 3.63) is 11.9 Å². The maximum atomic E-state index is 5.99. The van der Waals surface area contributed by atoms with Crippen LogP contribution in [0, 0.1) is 11.8 Å². The highest BCUT2D eigenvalue weighted by atomic mass is 15.1. The molecule has 0 aromatic carbocycles. The van der Waals surface area contributed by atoms with Gasteiger partial charge in [0.1, 0.15) is 18.0 Å². The Kier molecular flexibility index (Phi) is 4.27. The van der Waals surface area contributed by atoms with Crippen molar-refractivity contribution in [2.24, 2.45) is 11.8 Å². The number of hydrogen-bond donors (Lipinski definition) is 2. The Morgan fingerprint density at radius 2 is 1.79 bits per heavy atom. The summed E-state index contributed by atoms with van der Waals surface area (Å²) in [6.45, 7) is 8.93. The third-order valence-electron chi connectivity index (χ3n) is 4.01. The van der Waals surface area contributed by atoms with E-state index in [1.54, 1.807) is 6.33 Å². The summed E-state index contributed by atoms with van der Waals surface area (Å²) in [5.41, 5.74) is 7.04. The van der Waals surface area contributed by atoms with Gasteiger partial charge in [-0.3, -0.25) is 0 Å². The molecule has 0 saturated heterocycles. The number of anilines is 2. The molecular formula is C15H26N4. The minimum atomic E-state index is 0.335. The molecule has 3 N–H and O–H groups in total. The third-order valence-corrected chi connectivity index (χ3v) is 4.01. The van der Waals surface area contributed by atoms with Gasteiger partial charge in [0.25, 0.3) is 0 Å². The van der Waals surface area contributed by atoms with Gasteiger partial charge in [0.2, 0.25) is 0 Å². The van der Waals surface area contributed by atoms with Crippen LogP contribution < -0.4 is 11.1 Å². The summed E-state index contributed by atoms with van der Waals surface area (Å²) in [4.78, 5) is 8.51. The van der Waals surface area contributed by atoms with Crippen LogP contribution in [0.4, 0.5) is 11.6 Å². The van der Waals surface area contributed by atoms with Crippen LogP contribution in [0.5, 0.6) is 0 Å². The van der Waals surface area contributed by atoms with Gasteiger partial charge in [0.05, 0.1) is 0 Å². The van der Waals surface area contributed by atoms with Gasteiger partial charge in [0, 0.05) is 11.6 Å². The zero-order valence-corrected chi connectivity index (χ0v) is 12.5. The molecule has 1 aliphatic rings. The number of rotatable bonds is 3. The van der Waals surface area contributed by atoms with Crippen LogP contribution in [0.3, 0.4) is 0 Å². The Hall–Kier alpha value is -1.32. The molecule has 2 atom stereocenters. The second kappa shape index (κ2) is 5.76. The van der Waals surface area contributed by atoms with Gasteiger partial charge in [-0.1, -0.05) is 27.7 Å². The number of hydrogen-bond acceptors (Lipinski definition) is 4. The Balaban J connectivity index is 2.17. The average Bonchev–Trinajstić information content (AvgIpc) is 2.26. The summed E-state index contributed by atoms with van der Waals surface area (Å²) in [7, 11) is 0. The molecule has 1 aromatic rings. The first-order valence-electron chi connectivity index (χ1n) is 7.34. The third kappa shape index (κ3) is 3.37. The van der Waals surface area contributed by atoms with Gasteiger partial charge < -0.3 is 11.1 Å². The first kappa shape index (κ1) is 14.1. The lowest BCUT2D eigenvalue weighted by molar-refractivity contribution is 0.280. The van der Waals surface area contributed by atoms with Gasteiger partial charge in [0.15, 0.2) is 0 Å². The van der Waals surface area contributed by atoms with E-state index in [4.69, 9.17) is 5.73 Å². The van der Waals surface area contributed by atoms with E-state index in [0.29, 0.717) is 17.8 Å². The molecular weight excluding hydrogens is 236 g/mol. The maximum absolute atomic E-state index is 5.99. The lowest BCUT2D eigenvalue weighted by atomic mass is 9.80. The fraction of sp³-hybridized carbons (Fsp3) is 0.733. The fourth-order valence-electron chi connectivity index (χ4n) is 3.35. The zero-order chi connectivity index (χ0) is 14.0. The Morgan fingerprint density at radius 3 is 2.37 bits per heavy atom. The van der Waals surface area contributed by atoms with E-state index in [9.17, 15) is 0 Å². The number of nitrogen functional groups attached to an aromatic ring is 1. The lowest BCUT2D eigenvalue weighted by Crippen LogP contribution is -2.31. The molecule has 4 heteroatoms. The molecule has 0 spiro atoms. The fourth-order valence-corrected chi connectivity index (χ4v) is 3.35. The molecule has 1 aromatic heterocycles. The van der Waals surface area contributed by atoms with Crippen molar-refractivity contribution in [1.29, 1.82) is 0 Å². The van der Waals surface area contributed by atoms with Crippen molar-refractivity contribution >= 4 is 11.6 Å². The van der Waals surface area contributed by atoms with Crippen molar-refractivity contribution in [1.82, 2.24) is 9.97 Å². The highest BCUT2D eigenvalue weighted by molar-refractivity contribution is 5.57. The standard InChI is InChI=1S/C15H26N4/c1-9(2)13-14(16)17-8-18-15(13)19-12-6-10(3)5-11(4)7-12/h8-12H,5-7H2,1-4H3,(H3,16,17,18,19). The van der Waals surface area contributed by atoms with Crippen LogP contribution in [-0.4, -0.2) is 16.0 Å². The predicted molar refractivity (Wildman–Crippen MR) is 80.1 cm³/mol. The summed E-state index contributed by atoms with van der Waals surface area (Å²) in [6, 6.07) is 0.505. The van der Waals surface area contributed by atoms with E-state index in [1.807, 2.05) is 0 Å². The van der Waals surface area contributed by atoms with Crippen molar-refractivity contribution in [2.75, 3.05) is 11.1 Å². The van der Waals surface area contributed by atoms with Crippen molar-refractivity contribution in [3.8, 4) is 0 Å². The lowest BCUT2D eigenvalue weighted by Gasteiger charge is -2.33. The molecule has 19 heavy (non-hydrogen) atoms. The largest absolute Gasteiger partial charge is 0.383 e. The van der Waals surface area contributed by atoms with Crippen LogP contribution in [0.15, 0.2) is 6.33 Å². The van der Waals surface area contributed by atoms with Gasteiger partial charge in [-0.2, -0.15) is 0 Å². The first-order chi connectivity index (χ1) is 8.97. The summed E-state index contributed by atoms with van der Waals surface area (Å²) in [5.74, 6) is 3.42. The maximum Gasteiger partial charge on any atom is 0.135 e. The molecule has 4 nitrogen and oxygen atoms in total. The summed E-state index contributed by atoms with van der Waals surface area (Å²) in [6.07, 6.45) is 5.32. The highest BCUT2D eigenvalue weighted by Crippen LogP contribution is 2.32. The van der Waals surface area contributed by atoms with Crippen molar-refractivity contribution in [2.45, 2.75) is 58.9 Å². The number of nitrogens with two attached hydrogens (primary N) is 1. The van der Waals surface area contributed by atoms with Gasteiger partial charge in [-0.15, -0.1) is 0 Å². The quantitative estimate of drug-likeness (QED) is 0.876. The monoisotopic (exact) mass is 262 g/mol. The molecule has 0 radical (unpaired) electrons. The van der Waals surface area contributed by atoms with Crippen LogP contribution in [0.2, 0.25) is 0 Å². The minimum absolute atomic E-state index is 0.335. The first-order valence-corrected chi connectivity index (χ1v) is 7.34. The molecule has 1 heterocycles. The summed E-state index contributed by atoms with van der Waals surface area (Å²) < 4.78 is 0. The van der Waals surface area contributed by atoms with Crippen LogP contribution in [0.25, 0.3) is 0 Å². The molecule has 106 valence electrons.